The standard InChI is InChI=1S/C14H14Cl2N2O3S2/c1-2-12(19)17-14-18(13-8(15)4-3-5-9(13)16)10-6-23(20,21)7-11(10)22-14/h3-5,10-11H,2,6-7H2,1H3/t10-,11-/m1/s1. The van der Waals surface area contributed by atoms with Gasteiger partial charge in [0.2, 0.25) is 5.91 Å². The van der Waals surface area contributed by atoms with E-state index in [0.717, 1.165) is 0 Å². The van der Waals surface area contributed by atoms with Gasteiger partial charge in [0.05, 0.1) is 33.3 Å². The molecule has 2 heterocycles. The van der Waals surface area contributed by atoms with Crippen molar-refractivity contribution in [1.82, 2.24) is 0 Å². The molecule has 2 fully saturated rings. The summed E-state index contributed by atoms with van der Waals surface area (Å²) in [6, 6.07) is 4.77. The first-order valence-electron chi connectivity index (χ1n) is 7.04. The molecule has 9 heteroatoms. The van der Waals surface area contributed by atoms with Crippen LogP contribution in [0.2, 0.25) is 10.0 Å². The SMILES string of the molecule is CCC(=O)N=C1S[C@@H]2CS(=O)(=O)C[C@H]2N1c1c(Cl)cccc1Cl. The van der Waals surface area contributed by atoms with Crippen LogP contribution < -0.4 is 4.90 Å². The average molecular weight is 393 g/mol. The third-order valence-electron chi connectivity index (χ3n) is 3.77. The fourth-order valence-corrected chi connectivity index (χ4v) is 7.23. The van der Waals surface area contributed by atoms with E-state index in [4.69, 9.17) is 23.2 Å². The summed E-state index contributed by atoms with van der Waals surface area (Å²) in [7, 11) is -3.12. The van der Waals surface area contributed by atoms with Crippen LogP contribution in [0, 0.1) is 0 Å². The number of rotatable bonds is 2. The molecule has 2 atom stereocenters. The molecule has 2 saturated heterocycles. The Morgan fingerprint density at radius 3 is 2.61 bits per heavy atom. The molecule has 0 radical (unpaired) electrons. The minimum atomic E-state index is -3.12. The van der Waals surface area contributed by atoms with Crippen molar-refractivity contribution in [3.05, 3.63) is 28.2 Å². The lowest BCUT2D eigenvalue weighted by molar-refractivity contribution is -0.117. The molecule has 5 nitrogen and oxygen atoms in total. The third-order valence-corrected chi connectivity index (χ3v) is 7.59. The highest BCUT2D eigenvalue weighted by Gasteiger charge is 2.50. The van der Waals surface area contributed by atoms with Gasteiger partial charge in [0.15, 0.2) is 15.0 Å². The third kappa shape index (κ3) is 3.24. The van der Waals surface area contributed by atoms with Crippen molar-refractivity contribution in [3.8, 4) is 0 Å². The number of para-hydroxylation sites is 1. The van der Waals surface area contributed by atoms with Crippen LogP contribution in [0.4, 0.5) is 5.69 Å². The van der Waals surface area contributed by atoms with Crippen LogP contribution in [-0.4, -0.2) is 42.3 Å². The molecule has 124 valence electrons. The second-order valence-electron chi connectivity index (χ2n) is 5.38. The molecule has 0 unspecified atom stereocenters. The molecule has 1 aromatic carbocycles. The van der Waals surface area contributed by atoms with Gasteiger partial charge >= 0.3 is 0 Å². The van der Waals surface area contributed by atoms with E-state index in [1.165, 1.54) is 11.8 Å². The van der Waals surface area contributed by atoms with Crippen molar-refractivity contribution in [1.29, 1.82) is 0 Å². The second-order valence-corrected chi connectivity index (χ2v) is 9.56. The average Bonchev–Trinajstić information content (AvgIpc) is 2.91. The van der Waals surface area contributed by atoms with Crippen LogP contribution >= 0.6 is 35.0 Å². The molecule has 23 heavy (non-hydrogen) atoms. The monoisotopic (exact) mass is 392 g/mol. The summed E-state index contributed by atoms with van der Waals surface area (Å²) < 4.78 is 23.9. The van der Waals surface area contributed by atoms with Crippen molar-refractivity contribution < 1.29 is 13.2 Å². The van der Waals surface area contributed by atoms with Crippen LogP contribution in [0.3, 0.4) is 0 Å². The first-order chi connectivity index (χ1) is 10.8. The Balaban J connectivity index is 2.11. The van der Waals surface area contributed by atoms with E-state index in [1.807, 2.05) is 0 Å². The van der Waals surface area contributed by atoms with E-state index >= 15 is 0 Å². The van der Waals surface area contributed by atoms with Gasteiger partial charge in [-0.1, -0.05) is 48.0 Å². The van der Waals surface area contributed by atoms with Gasteiger partial charge in [-0.05, 0) is 12.1 Å². The number of fused-ring (bicyclic) bond motifs is 1. The Hall–Kier alpha value is -0.760. The van der Waals surface area contributed by atoms with E-state index in [2.05, 4.69) is 4.99 Å². The van der Waals surface area contributed by atoms with Crippen molar-refractivity contribution >= 4 is 61.6 Å². The molecule has 1 amide bonds. The van der Waals surface area contributed by atoms with E-state index in [9.17, 15) is 13.2 Å². The smallest absolute Gasteiger partial charge is 0.247 e. The summed E-state index contributed by atoms with van der Waals surface area (Å²) in [5.74, 6) is -0.185. The van der Waals surface area contributed by atoms with Gasteiger partial charge in [0, 0.05) is 11.7 Å². The van der Waals surface area contributed by atoms with Crippen molar-refractivity contribution in [2.75, 3.05) is 16.4 Å². The van der Waals surface area contributed by atoms with Crippen molar-refractivity contribution in [2.24, 2.45) is 4.99 Å². The summed E-state index contributed by atoms with van der Waals surface area (Å²) in [5.41, 5.74) is 0.510. The lowest BCUT2D eigenvalue weighted by atomic mass is 10.2. The largest absolute Gasteiger partial charge is 0.313 e. The number of amidine groups is 1. The fraction of sp³-hybridized carbons (Fsp3) is 0.429. The molecule has 0 aliphatic carbocycles. The number of amides is 1. The quantitative estimate of drug-likeness (QED) is 0.773. The Morgan fingerprint density at radius 2 is 2.00 bits per heavy atom. The number of thioether (sulfide) groups is 1. The lowest BCUT2D eigenvalue weighted by Crippen LogP contribution is -2.38. The highest BCUT2D eigenvalue weighted by molar-refractivity contribution is 8.16. The first-order valence-corrected chi connectivity index (χ1v) is 10.5. The van der Waals surface area contributed by atoms with Crippen LogP contribution in [-0.2, 0) is 14.6 Å². The topological polar surface area (TPSA) is 66.8 Å². The zero-order valence-electron chi connectivity index (χ0n) is 12.2. The molecule has 0 saturated carbocycles. The first kappa shape index (κ1) is 17.1. The minimum absolute atomic E-state index is 0.00551. The van der Waals surface area contributed by atoms with E-state index in [1.54, 1.807) is 30.0 Å². The Labute approximate surface area is 149 Å². The Kier molecular flexibility index (Phi) is 4.66. The molecular formula is C14H14Cl2N2O3S2. The normalized spacial score (nSPS) is 27.4. The number of aliphatic imine (C=N–C) groups is 1. The van der Waals surface area contributed by atoms with Gasteiger partial charge in [-0.15, -0.1) is 0 Å². The molecule has 0 N–H and O–H groups in total. The van der Waals surface area contributed by atoms with Crippen LogP contribution in [0.15, 0.2) is 23.2 Å². The number of carbonyl (C=O) groups is 1. The number of benzene rings is 1. The van der Waals surface area contributed by atoms with Gasteiger partial charge in [-0.25, -0.2) is 8.42 Å². The number of nitrogens with zero attached hydrogens (tertiary/aromatic N) is 2. The summed E-state index contributed by atoms with van der Waals surface area (Å²) >= 11 is 13.9. The van der Waals surface area contributed by atoms with Crippen LogP contribution in [0.1, 0.15) is 13.3 Å². The number of halogens is 2. The maximum Gasteiger partial charge on any atom is 0.247 e. The molecule has 2 aliphatic heterocycles. The molecule has 3 rings (SSSR count). The van der Waals surface area contributed by atoms with Crippen molar-refractivity contribution in [2.45, 2.75) is 24.6 Å². The van der Waals surface area contributed by atoms with Gasteiger partial charge in [0.1, 0.15) is 0 Å². The van der Waals surface area contributed by atoms with Gasteiger partial charge < -0.3 is 4.90 Å². The molecule has 1 aromatic rings. The highest BCUT2D eigenvalue weighted by atomic mass is 35.5. The summed E-state index contributed by atoms with van der Waals surface area (Å²) in [6.45, 7) is 1.73. The minimum Gasteiger partial charge on any atom is -0.313 e. The van der Waals surface area contributed by atoms with E-state index in [0.29, 0.717) is 20.9 Å². The maximum atomic E-state index is 12.0. The van der Waals surface area contributed by atoms with Gasteiger partial charge in [-0.2, -0.15) is 4.99 Å². The summed E-state index contributed by atoms with van der Waals surface area (Å²) in [4.78, 5) is 17.6. The predicted octanol–water partition coefficient (Wildman–Crippen LogP) is 3.00. The number of carbonyl (C=O) groups excluding carboxylic acids is 1. The number of anilines is 1. The Bertz CT molecular complexity index is 775. The van der Waals surface area contributed by atoms with E-state index in [-0.39, 0.29) is 35.1 Å². The Morgan fingerprint density at radius 1 is 1.35 bits per heavy atom. The number of hydrogen-bond acceptors (Lipinski definition) is 4. The zero-order chi connectivity index (χ0) is 16.8. The van der Waals surface area contributed by atoms with Crippen molar-refractivity contribution in [3.63, 3.8) is 0 Å². The van der Waals surface area contributed by atoms with Gasteiger partial charge in [0.25, 0.3) is 0 Å². The van der Waals surface area contributed by atoms with Crippen LogP contribution in [0.5, 0.6) is 0 Å². The lowest BCUT2D eigenvalue weighted by Gasteiger charge is -2.26. The van der Waals surface area contributed by atoms with Crippen LogP contribution in [0.25, 0.3) is 0 Å². The van der Waals surface area contributed by atoms with E-state index < -0.39 is 9.84 Å². The maximum absolute atomic E-state index is 12.0. The second kappa shape index (κ2) is 6.27. The number of hydrogen-bond donors (Lipinski definition) is 0. The molecular weight excluding hydrogens is 379 g/mol. The molecule has 0 aromatic heterocycles. The summed E-state index contributed by atoms with van der Waals surface area (Å²) in [6.07, 6.45) is 0.280. The van der Waals surface area contributed by atoms with Gasteiger partial charge in [-0.3, -0.25) is 4.79 Å². The summed E-state index contributed by atoms with van der Waals surface area (Å²) in [5, 5.41) is 1.10. The highest BCUT2D eigenvalue weighted by Crippen LogP contribution is 2.45. The zero-order valence-corrected chi connectivity index (χ0v) is 15.3. The fourth-order valence-electron chi connectivity index (χ4n) is 2.73. The molecule has 0 spiro atoms. The predicted molar refractivity (Wildman–Crippen MR) is 95.5 cm³/mol. The molecule has 0 bridgehead atoms. The molecule has 2 aliphatic rings. The number of sulfone groups is 1.